The Hall–Kier alpha value is -2.04. The zero-order chi connectivity index (χ0) is 19.0. The Bertz CT molecular complexity index is 671. The van der Waals surface area contributed by atoms with Gasteiger partial charge < -0.3 is 14.8 Å². The van der Waals surface area contributed by atoms with Crippen LogP contribution in [0.25, 0.3) is 0 Å². The maximum absolute atomic E-state index is 12.8. The largest absolute Gasteiger partial charge is 0.497 e. The number of rotatable bonds is 6. The van der Waals surface area contributed by atoms with Gasteiger partial charge in [-0.3, -0.25) is 9.59 Å². The van der Waals surface area contributed by atoms with E-state index in [2.05, 4.69) is 5.32 Å². The number of esters is 1. The number of methoxy groups -OCH3 is 1. The van der Waals surface area contributed by atoms with Crippen molar-refractivity contribution in [2.24, 2.45) is 29.6 Å². The molecule has 4 saturated carbocycles. The lowest BCUT2D eigenvalue weighted by Gasteiger charge is -2.53. The minimum atomic E-state index is -0.757. The summed E-state index contributed by atoms with van der Waals surface area (Å²) in [6, 6.07) is 7.53. The summed E-state index contributed by atoms with van der Waals surface area (Å²) in [6.07, 6.45) is 5.29. The van der Waals surface area contributed by atoms with Gasteiger partial charge in [-0.15, -0.1) is 0 Å². The average molecular weight is 371 g/mol. The molecule has 0 heterocycles. The Balaban J connectivity index is 1.28. The molecular weight excluding hydrogens is 342 g/mol. The quantitative estimate of drug-likeness (QED) is 0.779. The Morgan fingerprint density at radius 2 is 1.63 bits per heavy atom. The predicted molar refractivity (Wildman–Crippen MR) is 101 cm³/mol. The van der Waals surface area contributed by atoms with Crippen LogP contribution >= 0.6 is 0 Å². The van der Waals surface area contributed by atoms with Crippen molar-refractivity contribution in [1.82, 2.24) is 5.32 Å². The number of benzene rings is 1. The molecule has 4 fully saturated rings. The molecule has 1 atom stereocenters. The third kappa shape index (κ3) is 3.83. The number of carbonyl (C=O) groups is 2. The lowest BCUT2D eigenvalue weighted by atomic mass is 9.52. The van der Waals surface area contributed by atoms with E-state index >= 15 is 0 Å². The minimum absolute atomic E-state index is 0.00892. The lowest BCUT2D eigenvalue weighted by Crippen LogP contribution is -2.49. The number of ether oxygens (including phenoxy) is 2. The van der Waals surface area contributed by atoms with Crippen LogP contribution < -0.4 is 10.1 Å². The van der Waals surface area contributed by atoms with Crippen LogP contribution in [0, 0.1) is 29.6 Å². The zero-order valence-electron chi connectivity index (χ0n) is 16.1. The molecule has 5 rings (SSSR count). The molecule has 1 aromatic carbocycles. The highest BCUT2D eigenvalue weighted by molar-refractivity contribution is 5.84. The molecule has 0 saturated heterocycles. The van der Waals surface area contributed by atoms with Gasteiger partial charge in [-0.05, 0) is 80.4 Å². The molecule has 27 heavy (non-hydrogen) atoms. The van der Waals surface area contributed by atoms with Gasteiger partial charge in [-0.1, -0.05) is 12.1 Å². The highest BCUT2D eigenvalue weighted by Crippen LogP contribution is 2.56. The van der Waals surface area contributed by atoms with Gasteiger partial charge in [0.2, 0.25) is 0 Å². The molecule has 1 aromatic rings. The van der Waals surface area contributed by atoms with Crippen LogP contribution in [0.15, 0.2) is 24.3 Å². The molecule has 0 radical (unpaired) electrons. The summed E-state index contributed by atoms with van der Waals surface area (Å²) in [7, 11) is 1.62. The number of carbonyl (C=O) groups excluding carboxylic acids is 2. The molecule has 4 aliphatic rings. The van der Waals surface area contributed by atoms with Gasteiger partial charge in [0.25, 0.3) is 5.91 Å². The normalized spacial score (nSPS) is 32.0. The molecule has 4 bridgehead atoms. The molecule has 0 spiro atoms. The Kier molecular flexibility index (Phi) is 5.11. The maximum Gasteiger partial charge on any atom is 0.310 e. The first-order chi connectivity index (χ1) is 13.0. The van der Waals surface area contributed by atoms with Crippen molar-refractivity contribution in [3.63, 3.8) is 0 Å². The van der Waals surface area contributed by atoms with Crippen molar-refractivity contribution < 1.29 is 19.1 Å². The lowest BCUT2D eigenvalue weighted by molar-refractivity contribution is -0.170. The first kappa shape index (κ1) is 18.3. The second-order valence-electron chi connectivity index (χ2n) is 8.60. The van der Waals surface area contributed by atoms with Gasteiger partial charge >= 0.3 is 5.97 Å². The summed E-state index contributed by atoms with van der Waals surface area (Å²) in [5, 5.41) is 2.85. The summed E-state index contributed by atoms with van der Waals surface area (Å²) in [5.41, 5.74) is 0.976. The van der Waals surface area contributed by atoms with E-state index in [1.54, 1.807) is 14.0 Å². The van der Waals surface area contributed by atoms with Crippen molar-refractivity contribution in [1.29, 1.82) is 0 Å². The first-order valence-corrected chi connectivity index (χ1v) is 10.1. The van der Waals surface area contributed by atoms with Crippen LogP contribution in [0.1, 0.15) is 44.6 Å². The van der Waals surface area contributed by atoms with Crippen LogP contribution in [0.4, 0.5) is 0 Å². The molecule has 146 valence electrons. The van der Waals surface area contributed by atoms with Crippen molar-refractivity contribution >= 4 is 11.9 Å². The second kappa shape index (κ2) is 7.53. The van der Waals surface area contributed by atoms with Gasteiger partial charge in [0.15, 0.2) is 6.10 Å². The molecule has 0 aliphatic heterocycles. The van der Waals surface area contributed by atoms with E-state index in [4.69, 9.17) is 9.47 Å². The van der Waals surface area contributed by atoms with Crippen LogP contribution in [0.3, 0.4) is 0 Å². The average Bonchev–Trinajstić information content (AvgIpc) is 2.65. The smallest absolute Gasteiger partial charge is 0.310 e. The molecule has 4 aliphatic carbocycles. The minimum Gasteiger partial charge on any atom is -0.497 e. The van der Waals surface area contributed by atoms with Crippen molar-refractivity contribution in [2.45, 2.75) is 51.7 Å². The number of hydrogen-bond acceptors (Lipinski definition) is 4. The van der Waals surface area contributed by atoms with Crippen molar-refractivity contribution in [3.8, 4) is 5.75 Å². The van der Waals surface area contributed by atoms with Gasteiger partial charge in [-0.25, -0.2) is 0 Å². The second-order valence-corrected chi connectivity index (χ2v) is 8.60. The molecule has 5 heteroatoms. The van der Waals surface area contributed by atoms with Gasteiger partial charge in [0.05, 0.1) is 13.0 Å². The van der Waals surface area contributed by atoms with Gasteiger partial charge in [0, 0.05) is 6.54 Å². The summed E-state index contributed by atoms with van der Waals surface area (Å²) < 4.78 is 10.7. The fourth-order valence-electron chi connectivity index (χ4n) is 5.69. The third-order valence-electron chi connectivity index (χ3n) is 6.79. The number of hydrogen-bond donors (Lipinski definition) is 1. The fraction of sp³-hybridized carbons (Fsp3) is 0.636. The topological polar surface area (TPSA) is 64.6 Å². The van der Waals surface area contributed by atoms with Crippen LogP contribution in [0.2, 0.25) is 0 Å². The number of nitrogens with one attached hydrogen (secondary N) is 1. The molecule has 1 N–H and O–H groups in total. The zero-order valence-corrected chi connectivity index (χ0v) is 16.1. The van der Waals surface area contributed by atoms with E-state index in [0.29, 0.717) is 18.4 Å². The summed E-state index contributed by atoms with van der Waals surface area (Å²) in [4.78, 5) is 25.1. The Morgan fingerprint density at radius 3 is 2.19 bits per heavy atom. The SMILES string of the molecule is COc1ccc(CNC(=O)[C@H](C)OC(=O)C2C3CC4CC(C3)CC2C4)cc1. The van der Waals surface area contributed by atoms with E-state index in [-0.39, 0.29) is 17.8 Å². The summed E-state index contributed by atoms with van der Waals surface area (Å²) >= 11 is 0. The first-order valence-electron chi connectivity index (χ1n) is 10.1. The molecule has 1 amide bonds. The maximum atomic E-state index is 12.8. The van der Waals surface area contributed by atoms with Gasteiger partial charge in [0.1, 0.15) is 5.75 Å². The third-order valence-corrected chi connectivity index (χ3v) is 6.79. The van der Waals surface area contributed by atoms with Crippen molar-refractivity contribution in [3.05, 3.63) is 29.8 Å². The van der Waals surface area contributed by atoms with E-state index in [1.807, 2.05) is 24.3 Å². The highest BCUT2D eigenvalue weighted by atomic mass is 16.5. The monoisotopic (exact) mass is 371 g/mol. The molecular formula is C22H29NO4. The Labute approximate surface area is 160 Å². The summed E-state index contributed by atoms with van der Waals surface area (Å²) in [6.45, 7) is 2.07. The number of amides is 1. The predicted octanol–water partition coefficient (Wildman–Crippen LogP) is 3.32. The molecule has 0 unspecified atom stereocenters. The standard InChI is InChI=1S/C22H29NO4/c1-13(21(24)23-12-14-3-5-19(26-2)6-4-14)27-22(25)20-17-8-15-7-16(10-17)11-18(20)9-15/h3-6,13,15-18,20H,7-12H2,1-2H3,(H,23,24)/t13-,15?,16?,17?,18?,20?/m0/s1. The van der Waals surface area contributed by atoms with Crippen LogP contribution in [-0.4, -0.2) is 25.1 Å². The van der Waals surface area contributed by atoms with Crippen molar-refractivity contribution in [2.75, 3.05) is 7.11 Å². The van der Waals surface area contributed by atoms with E-state index in [1.165, 1.54) is 32.1 Å². The van der Waals surface area contributed by atoms with E-state index in [9.17, 15) is 9.59 Å². The molecule has 5 nitrogen and oxygen atoms in total. The van der Waals surface area contributed by atoms with Gasteiger partial charge in [-0.2, -0.15) is 0 Å². The Morgan fingerprint density at radius 1 is 1.04 bits per heavy atom. The fourth-order valence-corrected chi connectivity index (χ4v) is 5.69. The van der Waals surface area contributed by atoms with Crippen LogP contribution in [0.5, 0.6) is 5.75 Å². The van der Waals surface area contributed by atoms with Crippen LogP contribution in [-0.2, 0) is 20.9 Å². The van der Waals surface area contributed by atoms with E-state index in [0.717, 1.165) is 23.1 Å². The summed E-state index contributed by atoms with van der Waals surface area (Å²) in [5.74, 6) is 2.98. The highest BCUT2D eigenvalue weighted by Gasteiger charge is 2.51. The molecule has 0 aromatic heterocycles. The van der Waals surface area contributed by atoms with E-state index < -0.39 is 6.10 Å².